The molecule has 0 aromatic heterocycles. The molecule has 0 aliphatic carbocycles. The number of hydrogen-bond donors (Lipinski definition) is 2. The van der Waals surface area contributed by atoms with Gasteiger partial charge in [-0.2, -0.15) is 0 Å². The van der Waals surface area contributed by atoms with E-state index in [2.05, 4.69) is 18.2 Å². The van der Waals surface area contributed by atoms with Crippen molar-refractivity contribution >= 4 is 5.91 Å². The van der Waals surface area contributed by atoms with E-state index >= 15 is 0 Å². The summed E-state index contributed by atoms with van der Waals surface area (Å²) in [6, 6.07) is 6.19. The molecule has 1 aromatic rings. The van der Waals surface area contributed by atoms with Gasteiger partial charge < -0.3 is 16.2 Å². The lowest BCUT2D eigenvalue weighted by Gasteiger charge is -2.17. The van der Waals surface area contributed by atoms with Gasteiger partial charge in [0.15, 0.2) is 0 Å². The zero-order valence-electron chi connectivity index (χ0n) is 10.7. The molecule has 1 aliphatic rings. The van der Waals surface area contributed by atoms with Gasteiger partial charge >= 0.3 is 0 Å². The lowest BCUT2D eigenvalue weighted by Crippen LogP contribution is -2.19. The van der Waals surface area contributed by atoms with Crippen molar-refractivity contribution in [1.29, 1.82) is 0 Å². The molecule has 4 N–H and O–H groups in total. The van der Waals surface area contributed by atoms with Crippen molar-refractivity contribution in [3.05, 3.63) is 34.9 Å². The maximum atomic E-state index is 10.8. The molecule has 1 amide bonds. The number of fused-ring (bicyclic) bond motifs is 1. The van der Waals surface area contributed by atoms with Crippen LogP contribution in [0.2, 0.25) is 0 Å². The van der Waals surface area contributed by atoms with Crippen molar-refractivity contribution in [3.8, 4) is 0 Å². The smallest absolute Gasteiger partial charge is 0.217 e. The third kappa shape index (κ3) is 3.09. The molecule has 0 bridgehead atoms. The number of amides is 1. The molecule has 4 heteroatoms. The van der Waals surface area contributed by atoms with Crippen LogP contribution in [0.5, 0.6) is 0 Å². The SMILES string of the molecule is CC(CC(N)=O)CC(N)c1ccc2c(c1)COC2. The molecule has 18 heavy (non-hydrogen) atoms. The highest BCUT2D eigenvalue weighted by Gasteiger charge is 2.16. The predicted molar refractivity (Wildman–Crippen MR) is 69.5 cm³/mol. The number of rotatable bonds is 5. The van der Waals surface area contributed by atoms with Crippen LogP contribution in [0.1, 0.15) is 42.5 Å². The fraction of sp³-hybridized carbons (Fsp3) is 0.500. The fourth-order valence-corrected chi connectivity index (χ4v) is 2.42. The first-order valence-corrected chi connectivity index (χ1v) is 6.29. The van der Waals surface area contributed by atoms with Crippen molar-refractivity contribution < 1.29 is 9.53 Å². The molecule has 98 valence electrons. The van der Waals surface area contributed by atoms with Gasteiger partial charge in [0, 0.05) is 12.5 Å². The van der Waals surface area contributed by atoms with E-state index in [0.717, 1.165) is 12.0 Å². The van der Waals surface area contributed by atoms with Gasteiger partial charge in [-0.05, 0) is 29.0 Å². The van der Waals surface area contributed by atoms with Crippen LogP contribution < -0.4 is 11.5 Å². The lowest BCUT2D eigenvalue weighted by molar-refractivity contribution is -0.118. The van der Waals surface area contributed by atoms with Crippen LogP contribution in [0, 0.1) is 5.92 Å². The molecule has 2 rings (SSSR count). The van der Waals surface area contributed by atoms with E-state index in [1.165, 1.54) is 11.1 Å². The second kappa shape index (κ2) is 5.50. The first-order valence-electron chi connectivity index (χ1n) is 6.29. The largest absolute Gasteiger partial charge is 0.372 e. The zero-order chi connectivity index (χ0) is 13.1. The summed E-state index contributed by atoms with van der Waals surface area (Å²) in [7, 11) is 0. The number of nitrogens with two attached hydrogens (primary N) is 2. The zero-order valence-corrected chi connectivity index (χ0v) is 10.7. The van der Waals surface area contributed by atoms with Crippen molar-refractivity contribution in [1.82, 2.24) is 0 Å². The molecule has 0 saturated carbocycles. The molecule has 1 heterocycles. The van der Waals surface area contributed by atoms with Gasteiger partial charge in [-0.15, -0.1) is 0 Å². The van der Waals surface area contributed by atoms with Gasteiger partial charge in [-0.3, -0.25) is 4.79 Å². The van der Waals surface area contributed by atoms with Gasteiger partial charge in [0.05, 0.1) is 13.2 Å². The first kappa shape index (κ1) is 13.1. The average molecular weight is 248 g/mol. The van der Waals surface area contributed by atoms with E-state index < -0.39 is 0 Å². The van der Waals surface area contributed by atoms with E-state index in [-0.39, 0.29) is 17.9 Å². The number of carbonyl (C=O) groups is 1. The molecule has 1 aliphatic heterocycles. The van der Waals surface area contributed by atoms with Crippen LogP contribution in [-0.4, -0.2) is 5.91 Å². The quantitative estimate of drug-likeness (QED) is 0.831. The Morgan fingerprint density at radius 2 is 2.11 bits per heavy atom. The van der Waals surface area contributed by atoms with E-state index in [1.807, 2.05) is 6.92 Å². The van der Waals surface area contributed by atoms with Crippen LogP contribution in [0.3, 0.4) is 0 Å². The summed E-state index contributed by atoms with van der Waals surface area (Å²) in [4.78, 5) is 10.8. The summed E-state index contributed by atoms with van der Waals surface area (Å²) in [5, 5.41) is 0. The van der Waals surface area contributed by atoms with Crippen LogP contribution >= 0.6 is 0 Å². The molecule has 0 spiro atoms. The Hall–Kier alpha value is -1.39. The third-order valence-electron chi connectivity index (χ3n) is 3.38. The molecule has 0 saturated heterocycles. The number of carbonyl (C=O) groups excluding carboxylic acids is 1. The first-order chi connectivity index (χ1) is 8.56. The van der Waals surface area contributed by atoms with Crippen molar-refractivity contribution in [2.75, 3.05) is 0 Å². The second-order valence-corrected chi connectivity index (χ2v) is 5.14. The van der Waals surface area contributed by atoms with Gasteiger partial charge in [0.2, 0.25) is 5.91 Å². The monoisotopic (exact) mass is 248 g/mol. The van der Waals surface area contributed by atoms with Gasteiger partial charge in [-0.1, -0.05) is 25.1 Å². The molecule has 1 aromatic carbocycles. The van der Waals surface area contributed by atoms with Gasteiger partial charge in [0.25, 0.3) is 0 Å². The van der Waals surface area contributed by atoms with Crippen molar-refractivity contribution in [2.24, 2.45) is 17.4 Å². The van der Waals surface area contributed by atoms with Crippen molar-refractivity contribution in [3.63, 3.8) is 0 Å². The Morgan fingerprint density at radius 3 is 2.83 bits per heavy atom. The summed E-state index contributed by atoms with van der Waals surface area (Å²) in [5.41, 5.74) is 14.9. The van der Waals surface area contributed by atoms with Gasteiger partial charge in [-0.25, -0.2) is 0 Å². The molecular weight excluding hydrogens is 228 g/mol. The topological polar surface area (TPSA) is 78.3 Å². The Morgan fingerprint density at radius 1 is 1.39 bits per heavy atom. The Balaban J connectivity index is 2.00. The minimum Gasteiger partial charge on any atom is -0.372 e. The Kier molecular flexibility index (Phi) is 3.99. The maximum absolute atomic E-state index is 10.8. The Bertz CT molecular complexity index is 445. The summed E-state index contributed by atoms with van der Waals surface area (Å²) in [5.74, 6) is -0.0564. The molecular formula is C14H20N2O2. The number of benzene rings is 1. The van der Waals surface area contributed by atoms with E-state index in [1.54, 1.807) is 0 Å². The minimum absolute atomic E-state index is 0.0507. The average Bonchev–Trinajstić information content (AvgIpc) is 2.74. The number of ether oxygens (including phenoxy) is 1. The predicted octanol–water partition coefficient (Wildman–Crippen LogP) is 1.62. The number of primary amides is 1. The summed E-state index contributed by atoms with van der Waals surface area (Å²) < 4.78 is 5.38. The lowest BCUT2D eigenvalue weighted by atomic mass is 9.92. The summed E-state index contributed by atoms with van der Waals surface area (Å²) in [6.45, 7) is 3.37. The molecule has 4 nitrogen and oxygen atoms in total. The highest BCUT2D eigenvalue weighted by molar-refractivity contribution is 5.73. The maximum Gasteiger partial charge on any atom is 0.217 e. The van der Waals surface area contributed by atoms with E-state index in [4.69, 9.17) is 16.2 Å². The summed E-state index contributed by atoms with van der Waals surface area (Å²) in [6.07, 6.45) is 1.16. The highest BCUT2D eigenvalue weighted by Crippen LogP contribution is 2.26. The standard InChI is InChI=1S/C14H20N2O2/c1-9(5-14(16)17)4-13(15)10-2-3-11-7-18-8-12(11)6-10/h2-3,6,9,13H,4-5,7-8,15H2,1H3,(H2,16,17). The van der Waals surface area contributed by atoms with Crippen LogP contribution in [0.15, 0.2) is 18.2 Å². The normalized spacial score (nSPS) is 17.2. The van der Waals surface area contributed by atoms with E-state index in [9.17, 15) is 4.79 Å². The molecule has 0 radical (unpaired) electrons. The van der Waals surface area contributed by atoms with Crippen LogP contribution in [0.4, 0.5) is 0 Å². The fourth-order valence-electron chi connectivity index (χ4n) is 2.42. The van der Waals surface area contributed by atoms with Crippen LogP contribution in [-0.2, 0) is 22.7 Å². The highest BCUT2D eigenvalue weighted by atomic mass is 16.5. The summed E-state index contributed by atoms with van der Waals surface area (Å²) >= 11 is 0. The number of hydrogen-bond acceptors (Lipinski definition) is 3. The van der Waals surface area contributed by atoms with E-state index in [0.29, 0.717) is 19.6 Å². The van der Waals surface area contributed by atoms with Gasteiger partial charge in [0.1, 0.15) is 0 Å². The van der Waals surface area contributed by atoms with Crippen molar-refractivity contribution in [2.45, 2.75) is 39.0 Å². The Labute approximate surface area is 107 Å². The van der Waals surface area contributed by atoms with Crippen LogP contribution in [0.25, 0.3) is 0 Å². The molecule has 2 atom stereocenters. The minimum atomic E-state index is -0.267. The molecule has 0 fully saturated rings. The second-order valence-electron chi connectivity index (χ2n) is 5.14. The molecule has 2 unspecified atom stereocenters. The third-order valence-corrected chi connectivity index (χ3v) is 3.38.